The monoisotopic (exact) mass is 270 g/mol. The van der Waals surface area contributed by atoms with Crippen molar-refractivity contribution in [2.24, 2.45) is 0 Å². The molecule has 3 nitrogen and oxygen atoms in total. The minimum Gasteiger partial charge on any atom is -0.380 e. The molecule has 104 valence electrons. The Hall–Kier alpha value is -0.420. The number of nitrogens with one attached hydrogen (secondary N) is 1. The van der Waals surface area contributed by atoms with Gasteiger partial charge in [0.2, 0.25) is 0 Å². The first kappa shape index (κ1) is 15.6. The fourth-order valence-electron chi connectivity index (χ4n) is 1.66. The van der Waals surface area contributed by atoms with Crippen LogP contribution in [0.2, 0.25) is 0 Å². The Labute approximate surface area is 115 Å². The molecule has 0 saturated heterocycles. The first-order valence-corrected chi connectivity index (χ1v) is 7.75. The number of rotatable bonds is 11. The highest BCUT2D eigenvalue weighted by molar-refractivity contribution is 7.07. The third-order valence-electron chi connectivity index (χ3n) is 2.77. The van der Waals surface area contributed by atoms with Crippen LogP contribution in [0.4, 0.5) is 0 Å². The summed E-state index contributed by atoms with van der Waals surface area (Å²) in [5.74, 6) is 0. The molecule has 0 spiro atoms. The highest BCUT2D eigenvalue weighted by Gasteiger charge is 1.99. The molecule has 0 saturated carbocycles. The zero-order chi connectivity index (χ0) is 13.1. The van der Waals surface area contributed by atoms with Crippen molar-refractivity contribution in [2.45, 2.75) is 26.3 Å². The Morgan fingerprint density at radius 3 is 2.94 bits per heavy atom. The average Bonchev–Trinajstić information content (AvgIpc) is 2.85. The van der Waals surface area contributed by atoms with E-state index in [1.807, 2.05) is 0 Å². The van der Waals surface area contributed by atoms with E-state index in [2.05, 4.69) is 41.0 Å². The number of thiophene rings is 1. The average molecular weight is 270 g/mol. The lowest BCUT2D eigenvalue weighted by atomic mass is 10.3. The molecular formula is C14H26N2OS. The SMILES string of the molecule is CCCCOCCNCCN(C)Cc1ccsc1. The maximum Gasteiger partial charge on any atom is 0.0590 e. The number of hydrogen-bond acceptors (Lipinski definition) is 4. The lowest BCUT2D eigenvalue weighted by molar-refractivity contribution is 0.132. The second-order valence-electron chi connectivity index (χ2n) is 4.59. The molecule has 1 heterocycles. The highest BCUT2D eigenvalue weighted by Crippen LogP contribution is 2.07. The molecule has 0 atom stereocenters. The van der Waals surface area contributed by atoms with Gasteiger partial charge in [0, 0.05) is 32.8 Å². The molecule has 0 aliphatic rings. The molecule has 0 fully saturated rings. The Morgan fingerprint density at radius 1 is 1.33 bits per heavy atom. The van der Waals surface area contributed by atoms with Gasteiger partial charge in [-0.25, -0.2) is 0 Å². The standard InChI is InChI=1S/C14H26N2OS/c1-3-4-9-17-10-7-15-6-8-16(2)12-14-5-11-18-13-14/h5,11,13,15H,3-4,6-10,12H2,1-2H3. The van der Waals surface area contributed by atoms with Crippen LogP contribution in [0.1, 0.15) is 25.3 Å². The quantitative estimate of drug-likeness (QED) is 0.626. The van der Waals surface area contributed by atoms with Gasteiger partial charge in [0.1, 0.15) is 0 Å². The van der Waals surface area contributed by atoms with Crippen LogP contribution in [0.3, 0.4) is 0 Å². The van der Waals surface area contributed by atoms with Crippen LogP contribution >= 0.6 is 11.3 Å². The largest absolute Gasteiger partial charge is 0.380 e. The van der Waals surface area contributed by atoms with E-state index in [9.17, 15) is 0 Å². The van der Waals surface area contributed by atoms with Crippen LogP contribution in [0.15, 0.2) is 16.8 Å². The molecule has 0 bridgehead atoms. The molecule has 0 aliphatic carbocycles. The molecule has 1 aromatic heterocycles. The normalized spacial score (nSPS) is 11.3. The van der Waals surface area contributed by atoms with Crippen molar-refractivity contribution in [1.29, 1.82) is 0 Å². The molecule has 18 heavy (non-hydrogen) atoms. The minimum atomic E-state index is 0.828. The first-order chi connectivity index (χ1) is 8.83. The molecule has 1 rings (SSSR count). The zero-order valence-corrected chi connectivity index (χ0v) is 12.5. The third kappa shape index (κ3) is 7.82. The van der Waals surface area contributed by atoms with Gasteiger partial charge in [-0.3, -0.25) is 0 Å². The number of hydrogen-bond donors (Lipinski definition) is 1. The molecule has 4 heteroatoms. The molecule has 0 unspecified atom stereocenters. The summed E-state index contributed by atoms with van der Waals surface area (Å²) >= 11 is 1.76. The lowest BCUT2D eigenvalue weighted by Crippen LogP contribution is -2.30. The number of unbranched alkanes of at least 4 members (excludes halogenated alkanes) is 1. The number of ether oxygens (including phenoxy) is 1. The van der Waals surface area contributed by atoms with Crippen LogP contribution < -0.4 is 5.32 Å². The summed E-state index contributed by atoms with van der Waals surface area (Å²) in [4.78, 5) is 2.34. The summed E-state index contributed by atoms with van der Waals surface area (Å²) in [5, 5.41) is 7.76. The van der Waals surface area contributed by atoms with Crippen molar-refractivity contribution in [3.8, 4) is 0 Å². The Morgan fingerprint density at radius 2 is 2.22 bits per heavy atom. The predicted octanol–water partition coefficient (Wildman–Crippen LogP) is 2.59. The lowest BCUT2D eigenvalue weighted by Gasteiger charge is -2.16. The maximum absolute atomic E-state index is 5.49. The van der Waals surface area contributed by atoms with Crippen molar-refractivity contribution in [2.75, 3.05) is 39.9 Å². The van der Waals surface area contributed by atoms with Crippen molar-refractivity contribution >= 4 is 11.3 Å². The van der Waals surface area contributed by atoms with Crippen molar-refractivity contribution in [1.82, 2.24) is 10.2 Å². The Kier molecular flexibility index (Phi) is 9.12. The van der Waals surface area contributed by atoms with E-state index in [1.165, 1.54) is 18.4 Å². The molecule has 1 aromatic rings. The van der Waals surface area contributed by atoms with Crippen LogP contribution in [-0.4, -0.2) is 44.8 Å². The summed E-state index contributed by atoms with van der Waals surface area (Å²) in [6.45, 7) is 8.01. The smallest absolute Gasteiger partial charge is 0.0590 e. The molecule has 0 amide bonds. The number of nitrogens with zero attached hydrogens (tertiary/aromatic N) is 1. The van der Waals surface area contributed by atoms with E-state index in [1.54, 1.807) is 11.3 Å². The van der Waals surface area contributed by atoms with Gasteiger partial charge in [0.05, 0.1) is 6.61 Å². The van der Waals surface area contributed by atoms with Gasteiger partial charge in [-0.15, -0.1) is 0 Å². The third-order valence-corrected chi connectivity index (χ3v) is 3.50. The molecule has 0 aliphatic heterocycles. The summed E-state index contributed by atoms with van der Waals surface area (Å²) in [6.07, 6.45) is 2.38. The van der Waals surface area contributed by atoms with Gasteiger partial charge in [-0.1, -0.05) is 13.3 Å². The number of likely N-dealkylation sites (N-methyl/N-ethyl adjacent to an activating group) is 1. The van der Waals surface area contributed by atoms with Gasteiger partial charge in [0.15, 0.2) is 0 Å². The maximum atomic E-state index is 5.49. The van der Waals surface area contributed by atoms with Gasteiger partial charge < -0.3 is 15.0 Å². The van der Waals surface area contributed by atoms with Crippen LogP contribution in [0, 0.1) is 0 Å². The first-order valence-electron chi connectivity index (χ1n) is 6.81. The molecule has 0 radical (unpaired) electrons. The van der Waals surface area contributed by atoms with Crippen LogP contribution in [-0.2, 0) is 11.3 Å². The fraction of sp³-hybridized carbons (Fsp3) is 0.714. The second kappa shape index (κ2) is 10.5. The summed E-state index contributed by atoms with van der Waals surface area (Å²) in [6, 6.07) is 2.19. The fourth-order valence-corrected chi connectivity index (χ4v) is 2.32. The van der Waals surface area contributed by atoms with E-state index in [0.29, 0.717) is 0 Å². The van der Waals surface area contributed by atoms with Crippen molar-refractivity contribution in [3.63, 3.8) is 0 Å². The van der Waals surface area contributed by atoms with Gasteiger partial charge in [-0.2, -0.15) is 11.3 Å². The Balaban J connectivity index is 1.88. The van der Waals surface area contributed by atoms with Crippen molar-refractivity contribution < 1.29 is 4.74 Å². The van der Waals surface area contributed by atoms with E-state index in [4.69, 9.17) is 4.74 Å². The van der Waals surface area contributed by atoms with Gasteiger partial charge >= 0.3 is 0 Å². The predicted molar refractivity (Wildman–Crippen MR) is 79.2 cm³/mol. The van der Waals surface area contributed by atoms with E-state index in [-0.39, 0.29) is 0 Å². The van der Waals surface area contributed by atoms with E-state index < -0.39 is 0 Å². The van der Waals surface area contributed by atoms with Crippen LogP contribution in [0.5, 0.6) is 0 Å². The minimum absolute atomic E-state index is 0.828. The summed E-state index contributed by atoms with van der Waals surface area (Å²) < 4.78 is 5.49. The van der Waals surface area contributed by atoms with E-state index in [0.717, 1.165) is 39.4 Å². The summed E-state index contributed by atoms with van der Waals surface area (Å²) in [7, 11) is 2.16. The topological polar surface area (TPSA) is 24.5 Å². The van der Waals surface area contributed by atoms with Crippen molar-refractivity contribution in [3.05, 3.63) is 22.4 Å². The van der Waals surface area contributed by atoms with E-state index >= 15 is 0 Å². The van der Waals surface area contributed by atoms with Gasteiger partial charge in [-0.05, 0) is 35.9 Å². The zero-order valence-electron chi connectivity index (χ0n) is 11.7. The molecular weight excluding hydrogens is 244 g/mol. The highest BCUT2D eigenvalue weighted by atomic mass is 32.1. The summed E-state index contributed by atoms with van der Waals surface area (Å²) in [5.41, 5.74) is 1.41. The van der Waals surface area contributed by atoms with Gasteiger partial charge in [0.25, 0.3) is 0 Å². The molecule has 0 aromatic carbocycles. The Bertz CT molecular complexity index is 277. The molecule has 1 N–H and O–H groups in total. The second-order valence-corrected chi connectivity index (χ2v) is 5.37. The van der Waals surface area contributed by atoms with Crippen LogP contribution in [0.25, 0.3) is 0 Å².